The molecule has 2 aromatic rings. The van der Waals surface area contributed by atoms with Gasteiger partial charge in [0.2, 0.25) is 5.79 Å². The van der Waals surface area contributed by atoms with E-state index in [1.807, 2.05) is 0 Å². The molecular formula is C20H26O8. The lowest BCUT2D eigenvalue weighted by Crippen LogP contribution is -2.82. The van der Waals surface area contributed by atoms with Crippen LogP contribution < -0.4 is 10.4 Å². The maximum Gasteiger partial charge on any atom is 0.336 e. The molecule has 154 valence electrons. The fraction of sp³-hybridized carbons (Fsp3) is 0.550. The maximum atomic E-state index is 11.6. The zero-order valence-electron chi connectivity index (χ0n) is 16.5. The van der Waals surface area contributed by atoms with Crippen LogP contribution in [0.25, 0.3) is 11.0 Å². The van der Waals surface area contributed by atoms with Gasteiger partial charge in [-0.3, -0.25) is 0 Å². The standard InChI is InChI=1S/C20H26O8/c1-11-8-16(22)26-14-9-12(6-7-13(11)14)27-20(5)19(4,25)18(3,24)17(2,23)15(10-21)28-20/h6-9,15,21,23-25H,10H2,1-5H3/t15-,17+,18+,19-,20-/m1/s1. The minimum absolute atomic E-state index is 0.207. The highest BCUT2D eigenvalue weighted by molar-refractivity contribution is 5.81. The second kappa shape index (κ2) is 6.27. The van der Waals surface area contributed by atoms with Gasteiger partial charge in [0.15, 0.2) is 5.60 Å². The zero-order valence-corrected chi connectivity index (χ0v) is 16.5. The Labute approximate surface area is 161 Å². The Bertz CT molecular complexity index is 958. The molecule has 0 amide bonds. The third-order valence-corrected chi connectivity index (χ3v) is 6.21. The van der Waals surface area contributed by atoms with E-state index in [0.717, 1.165) is 10.9 Å². The van der Waals surface area contributed by atoms with Gasteiger partial charge in [-0.05, 0) is 45.4 Å². The first-order chi connectivity index (χ1) is 12.8. The molecule has 5 atom stereocenters. The lowest BCUT2D eigenvalue weighted by Gasteiger charge is -2.61. The Morgan fingerprint density at radius 3 is 2.32 bits per heavy atom. The molecule has 1 saturated heterocycles. The van der Waals surface area contributed by atoms with Crippen LogP contribution in [0, 0.1) is 6.92 Å². The summed E-state index contributed by atoms with van der Waals surface area (Å²) in [5.74, 6) is -1.64. The molecule has 1 aliphatic rings. The smallest absolute Gasteiger partial charge is 0.336 e. The van der Waals surface area contributed by atoms with Crippen molar-refractivity contribution >= 4 is 11.0 Å². The van der Waals surface area contributed by atoms with E-state index in [1.54, 1.807) is 19.1 Å². The molecule has 3 rings (SSSR count). The molecule has 0 radical (unpaired) electrons. The first-order valence-electron chi connectivity index (χ1n) is 8.96. The summed E-state index contributed by atoms with van der Waals surface area (Å²) >= 11 is 0. The number of hydrogen-bond donors (Lipinski definition) is 4. The number of aryl methyl sites for hydroxylation is 1. The fourth-order valence-corrected chi connectivity index (χ4v) is 3.68. The van der Waals surface area contributed by atoms with Gasteiger partial charge in [-0.1, -0.05) is 0 Å². The average Bonchev–Trinajstić information content (AvgIpc) is 2.57. The molecule has 4 N–H and O–H groups in total. The number of fused-ring (bicyclic) bond motifs is 1. The second-order valence-corrected chi connectivity index (χ2v) is 8.04. The Balaban J connectivity index is 2.07. The highest BCUT2D eigenvalue weighted by Gasteiger charge is 2.71. The Kier molecular flexibility index (Phi) is 4.64. The van der Waals surface area contributed by atoms with Gasteiger partial charge in [-0.15, -0.1) is 0 Å². The van der Waals surface area contributed by atoms with Crippen molar-refractivity contribution in [3.63, 3.8) is 0 Å². The van der Waals surface area contributed by atoms with Crippen LogP contribution in [0.4, 0.5) is 0 Å². The highest BCUT2D eigenvalue weighted by Crippen LogP contribution is 2.49. The molecule has 0 bridgehead atoms. The number of aliphatic hydroxyl groups excluding tert-OH is 1. The van der Waals surface area contributed by atoms with E-state index in [-0.39, 0.29) is 5.75 Å². The molecule has 1 aliphatic heterocycles. The summed E-state index contributed by atoms with van der Waals surface area (Å²) in [6.45, 7) is 6.37. The second-order valence-electron chi connectivity index (χ2n) is 8.04. The molecule has 8 heteroatoms. The Morgan fingerprint density at radius 1 is 1.07 bits per heavy atom. The molecule has 0 spiro atoms. The van der Waals surface area contributed by atoms with Crippen LogP contribution in [0.5, 0.6) is 5.75 Å². The summed E-state index contributed by atoms with van der Waals surface area (Å²) in [6, 6.07) is 6.16. The van der Waals surface area contributed by atoms with Gasteiger partial charge in [0.25, 0.3) is 0 Å². The molecule has 28 heavy (non-hydrogen) atoms. The minimum Gasteiger partial charge on any atom is -0.459 e. The van der Waals surface area contributed by atoms with Crippen LogP contribution in [0.3, 0.4) is 0 Å². The van der Waals surface area contributed by atoms with Gasteiger partial charge in [0.05, 0.1) is 6.61 Å². The van der Waals surface area contributed by atoms with E-state index in [9.17, 15) is 25.2 Å². The number of benzene rings is 1. The fourth-order valence-electron chi connectivity index (χ4n) is 3.68. The molecular weight excluding hydrogens is 368 g/mol. The van der Waals surface area contributed by atoms with Gasteiger partial charge in [-0.2, -0.15) is 0 Å². The summed E-state index contributed by atoms with van der Waals surface area (Å²) in [5, 5.41) is 43.1. The lowest BCUT2D eigenvalue weighted by molar-refractivity contribution is -0.415. The van der Waals surface area contributed by atoms with Crippen LogP contribution in [0.15, 0.2) is 33.5 Å². The average molecular weight is 394 g/mol. The van der Waals surface area contributed by atoms with Crippen molar-refractivity contribution in [1.29, 1.82) is 0 Å². The molecule has 0 saturated carbocycles. The topological polar surface area (TPSA) is 130 Å². The van der Waals surface area contributed by atoms with Gasteiger partial charge in [0, 0.05) is 24.4 Å². The van der Waals surface area contributed by atoms with Crippen LogP contribution in [0.2, 0.25) is 0 Å². The first kappa shape index (κ1) is 20.8. The van der Waals surface area contributed by atoms with Crippen LogP contribution in [0.1, 0.15) is 33.3 Å². The van der Waals surface area contributed by atoms with Gasteiger partial charge >= 0.3 is 5.63 Å². The number of rotatable bonds is 3. The van der Waals surface area contributed by atoms with Crippen molar-refractivity contribution in [2.24, 2.45) is 0 Å². The monoisotopic (exact) mass is 394 g/mol. The van der Waals surface area contributed by atoms with Gasteiger partial charge < -0.3 is 34.3 Å². The molecule has 8 nitrogen and oxygen atoms in total. The highest BCUT2D eigenvalue weighted by atomic mass is 16.7. The van der Waals surface area contributed by atoms with E-state index < -0.39 is 40.9 Å². The molecule has 2 heterocycles. The summed E-state index contributed by atoms with van der Waals surface area (Å²) in [7, 11) is 0. The SMILES string of the molecule is Cc1cc(=O)oc2cc(O[C@]3(C)O[C@H](CO)[C@](C)(O)[C@](C)(O)[C@@]3(C)O)ccc12. The zero-order chi connectivity index (χ0) is 21.1. The van der Waals surface area contributed by atoms with Crippen molar-refractivity contribution in [2.45, 2.75) is 63.3 Å². The summed E-state index contributed by atoms with van der Waals surface area (Å²) in [6.07, 6.45) is -1.23. The van der Waals surface area contributed by atoms with Crippen LogP contribution in [-0.2, 0) is 4.74 Å². The summed E-state index contributed by atoms with van der Waals surface area (Å²) in [4.78, 5) is 11.6. The van der Waals surface area contributed by atoms with Gasteiger partial charge in [-0.25, -0.2) is 4.79 Å². The van der Waals surface area contributed by atoms with Gasteiger partial charge in [0.1, 0.15) is 28.6 Å². The van der Waals surface area contributed by atoms with E-state index in [4.69, 9.17) is 13.9 Å². The normalized spacial score (nSPS) is 38.5. The predicted molar refractivity (Wildman–Crippen MR) is 100 cm³/mol. The Hall–Kier alpha value is -1.97. The molecule has 1 aromatic carbocycles. The van der Waals surface area contributed by atoms with Crippen molar-refractivity contribution in [3.05, 3.63) is 40.2 Å². The molecule has 0 unspecified atom stereocenters. The number of aliphatic hydroxyl groups is 4. The van der Waals surface area contributed by atoms with Crippen molar-refractivity contribution in [1.82, 2.24) is 0 Å². The molecule has 1 fully saturated rings. The van der Waals surface area contributed by atoms with E-state index in [1.165, 1.54) is 39.8 Å². The van der Waals surface area contributed by atoms with Crippen molar-refractivity contribution in [3.8, 4) is 5.75 Å². The number of hydrogen-bond acceptors (Lipinski definition) is 8. The van der Waals surface area contributed by atoms with Crippen LogP contribution >= 0.6 is 0 Å². The third-order valence-electron chi connectivity index (χ3n) is 6.21. The van der Waals surface area contributed by atoms with E-state index in [2.05, 4.69) is 0 Å². The first-order valence-corrected chi connectivity index (χ1v) is 8.96. The Morgan fingerprint density at radius 2 is 1.71 bits per heavy atom. The van der Waals surface area contributed by atoms with Crippen LogP contribution in [-0.4, -0.2) is 55.7 Å². The quantitative estimate of drug-likeness (QED) is 0.564. The third kappa shape index (κ3) is 2.75. The number of ether oxygens (including phenoxy) is 2. The maximum absolute atomic E-state index is 11.6. The van der Waals surface area contributed by atoms with Crippen molar-refractivity contribution in [2.75, 3.05) is 6.61 Å². The predicted octanol–water partition coefficient (Wildman–Crippen LogP) is 0.841. The molecule has 1 aromatic heterocycles. The van der Waals surface area contributed by atoms with E-state index >= 15 is 0 Å². The summed E-state index contributed by atoms with van der Waals surface area (Å²) in [5.41, 5.74) is -5.61. The minimum atomic E-state index is -2.10. The van der Waals surface area contributed by atoms with Crippen molar-refractivity contribution < 1.29 is 34.3 Å². The summed E-state index contributed by atoms with van der Waals surface area (Å²) < 4.78 is 16.8. The molecule has 0 aliphatic carbocycles. The largest absolute Gasteiger partial charge is 0.459 e. The lowest BCUT2D eigenvalue weighted by atomic mass is 9.65. The van der Waals surface area contributed by atoms with E-state index in [0.29, 0.717) is 5.58 Å².